The molecule has 3 N–H and O–H groups in total. The fraction of sp³-hybridized carbons (Fsp3) is 0.222. The highest BCUT2D eigenvalue weighted by Gasteiger charge is 2.34. The largest absolute Gasteiger partial charge is 0.493 e. The topological polar surface area (TPSA) is 152 Å². The van der Waals surface area contributed by atoms with Gasteiger partial charge >= 0.3 is 0 Å². The Morgan fingerprint density at radius 1 is 1.00 bits per heavy atom. The Kier molecular flexibility index (Phi) is 5.33. The van der Waals surface area contributed by atoms with Gasteiger partial charge in [-0.1, -0.05) is 6.07 Å². The third-order valence-electron chi connectivity index (χ3n) is 3.96. The van der Waals surface area contributed by atoms with Crippen LogP contribution in [0, 0.1) is 51.2 Å². The summed E-state index contributed by atoms with van der Waals surface area (Å²) in [5.74, 6) is -1.15. The van der Waals surface area contributed by atoms with Crippen LogP contribution in [-0.2, 0) is 0 Å². The second-order valence-corrected chi connectivity index (χ2v) is 5.24. The maximum absolute atomic E-state index is 9.66. The first-order valence-electron chi connectivity index (χ1n) is 7.38. The van der Waals surface area contributed by atoms with Gasteiger partial charge in [0.1, 0.15) is 5.82 Å². The maximum atomic E-state index is 9.66. The van der Waals surface area contributed by atoms with Gasteiger partial charge in [0, 0.05) is 0 Å². The number of nitrogens with zero attached hydrogens (tertiary/aromatic N) is 4. The lowest BCUT2D eigenvalue weighted by molar-refractivity contribution is 0.354. The van der Waals surface area contributed by atoms with Crippen molar-refractivity contribution in [3.63, 3.8) is 0 Å². The highest BCUT2D eigenvalue weighted by molar-refractivity contribution is 5.58. The Labute approximate surface area is 150 Å². The first-order valence-corrected chi connectivity index (χ1v) is 7.38. The first-order chi connectivity index (χ1) is 12.6. The summed E-state index contributed by atoms with van der Waals surface area (Å²) in [7, 11) is 2.96. The quantitative estimate of drug-likeness (QED) is 0.832. The number of hydrogen-bond acceptors (Lipinski definition) is 8. The first kappa shape index (κ1) is 18.2. The average molecular weight is 346 g/mol. The molecule has 1 heterocycles. The minimum atomic E-state index is -1.22. The van der Waals surface area contributed by atoms with Crippen molar-refractivity contribution in [3.05, 3.63) is 46.4 Å². The third-order valence-corrected chi connectivity index (χ3v) is 3.96. The highest BCUT2D eigenvalue weighted by Crippen LogP contribution is 2.40. The summed E-state index contributed by atoms with van der Waals surface area (Å²) >= 11 is 0. The van der Waals surface area contributed by atoms with E-state index in [1.807, 2.05) is 24.3 Å². The molecule has 0 spiro atoms. The van der Waals surface area contributed by atoms with Crippen LogP contribution >= 0.6 is 0 Å². The number of nitrogens with two attached hydrogens (primary N) is 1. The van der Waals surface area contributed by atoms with E-state index in [2.05, 4.69) is 5.32 Å². The Balaban J connectivity index is 2.75. The molecule has 1 unspecified atom stereocenters. The zero-order valence-corrected chi connectivity index (χ0v) is 14.1. The van der Waals surface area contributed by atoms with Gasteiger partial charge in [0.05, 0.1) is 61.3 Å². The van der Waals surface area contributed by atoms with Crippen molar-refractivity contribution >= 4 is 0 Å². The fourth-order valence-electron chi connectivity index (χ4n) is 2.74. The number of nitriles is 4. The van der Waals surface area contributed by atoms with Crippen molar-refractivity contribution in [2.75, 3.05) is 14.2 Å². The molecule has 1 aromatic carbocycles. The van der Waals surface area contributed by atoms with Crippen molar-refractivity contribution in [1.29, 1.82) is 21.0 Å². The highest BCUT2D eigenvalue weighted by atomic mass is 16.5. The summed E-state index contributed by atoms with van der Waals surface area (Å²) in [6.45, 7) is 0. The SMILES string of the molecule is COc1ccc(C2C(C#N)=C(N)NC(C(C#N)C#N)=C2C#N)cc1OC. The zero-order chi connectivity index (χ0) is 19.3. The van der Waals surface area contributed by atoms with Gasteiger partial charge in [-0.15, -0.1) is 0 Å². The van der Waals surface area contributed by atoms with Crippen LogP contribution in [0.25, 0.3) is 0 Å². The van der Waals surface area contributed by atoms with E-state index in [1.54, 1.807) is 18.2 Å². The summed E-state index contributed by atoms with van der Waals surface area (Å²) in [4.78, 5) is 0. The summed E-state index contributed by atoms with van der Waals surface area (Å²) in [6, 6.07) is 12.6. The smallest absolute Gasteiger partial charge is 0.173 e. The summed E-state index contributed by atoms with van der Waals surface area (Å²) < 4.78 is 10.5. The second-order valence-electron chi connectivity index (χ2n) is 5.24. The number of hydrogen-bond donors (Lipinski definition) is 2. The molecule has 0 fully saturated rings. The molecular weight excluding hydrogens is 332 g/mol. The standard InChI is InChI=1S/C18H14N6O2/c1-25-14-4-3-10(5-15(14)26-2)16-12(8-21)17(11(6-19)7-20)24-18(23)13(16)9-22/h3-5,11,16,24H,23H2,1-2H3. The molecule has 0 aromatic heterocycles. The van der Waals surface area contributed by atoms with Crippen molar-refractivity contribution in [2.45, 2.75) is 5.92 Å². The van der Waals surface area contributed by atoms with E-state index < -0.39 is 11.8 Å². The second kappa shape index (κ2) is 7.62. The van der Waals surface area contributed by atoms with Gasteiger partial charge in [-0.3, -0.25) is 0 Å². The van der Waals surface area contributed by atoms with Crippen LogP contribution in [0.4, 0.5) is 0 Å². The van der Waals surface area contributed by atoms with Crippen LogP contribution < -0.4 is 20.5 Å². The van der Waals surface area contributed by atoms with Gasteiger partial charge in [0.15, 0.2) is 17.4 Å². The lowest BCUT2D eigenvalue weighted by Crippen LogP contribution is -2.33. The van der Waals surface area contributed by atoms with E-state index in [0.717, 1.165) is 0 Å². The van der Waals surface area contributed by atoms with Crippen molar-refractivity contribution in [1.82, 2.24) is 5.32 Å². The monoisotopic (exact) mass is 346 g/mol. The lowest BCUT2D eigenvalue weighted by atomic mass is 9.80. The number of methoxy groups -OCH3 is 2. The Hall–Kier alpha value is -4.14. The Morgan fingerprint density at radius 2 is 1.62 bits per heavy atom. The number of benzene rings is 1. The van der Waals surface area contributed by atoms with Crippen LogP contribution in [0.1, 0.15) is 11.5 Å². The van der Waals surface area contributed by atoms with Crippen molar-refractivity contribution in [3.8, 4) is 35.8 Å². The van der Waals surface area contributed by atoms with E-state index in [1.165, 1.54) is 14.2 Å². The molecule has 0 saturated heterocycles. The predicted octanol–water partition coefficient (Wildman–Crippen LogP) is 1.53. The number of dihydropyridines is 1. The van der Waals surface area contributed by atoms with E-state index in [0.29, 0.717) is 17.1 Å². The minimum absolute atomic E-state index is 0.00298. The van der Waals surface area contributed by atoms with Gasteiger partial charge in [-0.2, -0.15) is 21.0 Å². The normalized spacial score (nSPS) is 16.0. The Bertz CT molecular complexity index is 951. The molecule has 0 amide bonds. The van der Waals surface area contributed by atoms with Crippen LogP contribution in [0.15, 0.2) is 40.9 Å². The minimum Gasteiger partial charge on any atom is -0.493 e. The molecule has 1 aliphatic rings. The van der Waals surface area contributed by atoms with Crippen molar-refractivity contribution < 1.29 is 9.47 Å². The molecule has 8 nitrogen and oxygen atoms in total. The fourth-order valence-corrected chi connectivity index (χ4v) is 2.74. The number of rotatable bonds is 4. The Morgan fingerprint density at radius 3 is 2.12 bits per heavy atom. The molecule has 1 aliphatic heterocycles. The summed E-state index contributed by atoms with van der Waals surface area (Å²) in [5.41, 5.74) is 6.75. The molecule has 0 aliphatic carbocycles. The molecule has 26 heavy (non-hydrogen) atoms. The molecule has 1 atom stereocenters. The number of nitrogens with one attached hydrogen (secondary N) is 1. The van der Waals surface area contributed by atoms with E-state index in [4.69, 9.17) is 15.2 Å². The van der Waals surface area contributed by atoms with E-state index in [9.17, 15) is 21.0 Å². The van der Waals surface area contributed by atoms with Crippen molar-refractivity contribution in [2.24, 2.45) is 11.7 Å². The van der Waals surface area contributed by atoms with Gasteiger partial charge in [0.2, 0.25) is 0 Å². The van der Waals surface area contributed by atoms with Gasteiger partial charge in [0.25, 0.3) is 0 Å². The average Bonchev–Trinajstić information content (AvgIpc) is 2.67. The molecule has 0 bridgehead atoms. The van der Waals surface area contributed by atoms with Gasteiger partial charge in [-0.05, 0) is 17.7 Å². The molecule has 2 rings (SSSR count). The van der Waals surface area contributed by atoms with E-state index in [-0.39, 0.29) is 22.7 Å². The molecular formula is C18H14N6O2. The lowest BCUT2D eigenvalue weighted by Gasteiger charge is -2.27. The van der Waals surface area contributed by atoms with Crippen LogP contribution in [0.2, 0.25) is 0 Å². The van der Waals surface area contributed by atoms with Crippen LogP contribution in [-0.4, -0.2) is 14.2 Å². The number of allylic oxidation sites excluding steroid dienone is 3. The third kappa shape index (κ3) is 2.96. The molecule has 1 aromatic rings. The summed E-state index contributed by atoms with van der Waals surface area (Å²) in [5, 5.41) is 40.2. The predicted molar refractivity (Wildman–Crippen MR) is 89.6 cm³/mol. The zero-order valence-electron chi connectivity index (χ0n) is 14.1. The van der Waals surface area contributed by atoms with E-state index >= 15 is 0 Å². The maximum Gasteiger partial charge on any atom is 0.173 e. The molecule has 0 saturated carbocycles. The van der Waals surface area contributed by atoms with Crippen LogP contribution in [0.5, 0.6) is 11.5 Å². The summed E-state index contributed by atoms with van der Waals surface area (Å²) in [6.07, 6.45) is 0. The van der Waals surface area contributed by atoms with Gasteiger partial charge < -0.3 is 20.5 Å². The van der Waals surface area contributed by atoms with Crippen LogP contribution in [0.3, 0.4) is 0 Å². The van der Waals surface area contributed by atoms with Gasteiger partial charge in [-0.25, -0.2) is 0 Å². The number of ether oxygens (including phenoxy) is 2. The molecule has 8 heteroatoms. The molecule has 0 radical (unpaired) electrons. The molecule has 128 valence electrons.